The van der Waals surface area contributed by atoms with Gasteiger partial charge in [-0.1, -0.05) is 18.5 Å². The molecule has 0 aromatic carbocycles. The van der Waals surface area contributed by atoms with Crippen molar-refractivity contribution >= 4 is 40.4 Å². The molecular formula is C10H13Cl2NOS. The molecule has 1 heterocycles. The van der Waals surface area contributed by atoms with Gasteiger partial charge in [-0.05, 0) is 23.8 Å². The number of hydrogen-bond acceptors (Lipinski definition) is 2. The minimum absolute atomic E-state index is 0.116. The summed E-state index contributed by atoms with van der Waals surface area (Å²) < 4.78 is 0. The normalized spacial score (nSPS) is 12.5. The van der Waals surface area contributed by atoms with E-state index in [1.165, 1.54) is 11.3 Å². The van der Waals surface area contributed by atoms with Crippen LogP contribution in [0, 0.1) is 12.8 Å². The molecule has 2 nitrogen and oxygen atoms in total. The van der Waals surface area contributed by atoms with Crippen LogP contribution in [0.3, 0.4) is 0 Å². The number of hydrogen-bond donors (Lipinski definition) is 1. The average Bonchev–Trinajstić information content (AvgIpc) is 2.56. The molecule has 0 bridgehead atoms. The van der Waals surface area contributed by atoms with Crippen molar-refractivity contribution in [3.63, 3.8) is 0 Å². The van der Waals surface area contributed by atoms with Crippen molar-refractivity contribution in [2.45, 2.75) is 13.8 Å². The first kappa shape index (κ1) is 12.8. The maximum Gasteiger partial charge on any atom is 0.262 e. The van der Waals surface area contributed by atoms with E-state index in [1.807, 2.05) is 19.2 Å². The summed E-state index contributed by atoms with van der Waals surface area (Å²) in [5, 5.41) is 5.24. The van der Waals surface area contributed by atoms with Gasteiger partial charge in [0.1, 0.15) is 4.88 Å². The largest absolute Gasteiger partial charge is 0.351 e. The third-order valence-corrected chi connectivity index (χ3v) is 4.20. The number of carbonyl (C=O) groups is 1. The van der Waals surface area contributed by atoms with Gasteiger partial charge in [0.25, 0.3) is 5.91 Å². The van der Waals surface area contributed by atoms with Crippen LogP contribution < -0.4 is 5.32 Å². The molecule has 0 radical (unpaired) electrons. The number of halogens is 2. The monoisotopic (exact) mass is 265 g/mol. The Kier molecular flexibility index (Phi) is 4.90. The minimum atomic E-state index is -0.116. The van der Waals surface area contributed by atoms with Gasteiger partial charge < -0.3 is 5.32 Å². The van der Waals surface area contributed by atoms with Crippen LogP contribution in [0.2, 0.25) is 5.02 Å². The number of nitrogens with one attached hydrogen (secondary N) is 1. The van der Waals surface area contributed by atoms with E-state index < -0.39 is 0 Å². The van der Waals surface area contributed by atoms with E-state index in [-0.39, 0.29) is 11.8 Å². The molecule has 0 saturated carbocycles. The van der Waals surface area contributed by atoms with E-state index in [9.17, 15) is 4.79 Å². The molecule has 1 unspecified atom stereocenters. The molecule has 0 aliphatic rings. The zero-order valence-corrected chi connectivity index (χ0v) is 11.0. The van der Waals surface area contributed by atoms with E-state index in [1.54, 1.807) is 0 Å². The Labute approximate surface area is 104 Å². The second-order valence-electron chi connectivity index (χ2n) is 3.53. The highest BCUT2D eigenvalue weighted by atomic mass is 35.5. The van der Waals surface area contributed by atoms with E-state index in [4.69, 9.17) is 23.2 Å². The highest BCUT2D eigenvalue weighted by Crippen LogP contribution is 2.26. The Bertz CT molecular complexity index is 351. The lowest BCUT2D eigenvalue weighted by Gasteiger charge is -2.08. The molecule has 5 heteroatoms. The van der Waals surface area contributed by atoms with Crippen LogP contribution in [0.5, 0.6) is 0 Å². The number of aryl methyl sites for hydroxylation is 1. The smallest absolute Gasteiger partial charge is 0.262 e. The molecule has 0 aliphatic carbocycles. The third kappa shape index (κ3) is 3.37. The standard InChI is InChI=1S/C10H13Cl2NOS/c1-6(3-11)4-13-10(14)9-8(12)7(2)5-15-9/h5-6H,3-4H2,1-2H3,(H,13,14). The van der Waals surface area contributed by atoms with Gasteiger partial charge in [0.15, 0.2) is 0 Å². The predicted molar refractivity (Wildman–Crippen MR) is 66.3 cm³/mol. The van der Waals surface area contributed by atoms with Crippen molar-refractivity contribution in [1.82, 2.24) is 5.32 Å². The van der Waals surface area contributed by atoms with Crippen LogP contribution in [0.4, 0.5) is 0 Å². The topological polar surface area (TPSA) is 29.1 Å². The average molecular weight is 266 g/mol. The van der Waals surface area contributed by atoms with Crippen LogP contribution in [0.15, 0.2) is 5.38 Å². The molecule has 1 rings (SSSR count). The molecule has 1 amide bonds. The van der Waals surface area contributed by atoms with Crippen LogP contribution in [0.25, 0.3) is 0 Å². The quantitative estimate of drug-likeness (QED) is 0.832. The number of carbonyl (C=O) groups excluding carboxylic acids is 1. The van der Waals surface area contributed by atoms with Gasteiger partial charge in [0.05, 0.1) is 5.02 Å². The maximum absolute atomic E-state index is 11.7. The first-order valence-electron chi connectivity index (χ1n) is 4.64. The van der Waals surface area contributed by atoms with Gasteiger partial charge in [-0.15, -0.1) is 22.9 Å². The van der Waals surface area contributed by atoms with Crippen molar-refractivity contribution in [3.8, 4) is 0 Å². The number of amides is 1. The molecule has 1 N–H and O–H groups in total. The SMILES string of the molecule is Cc1csc(C(=O)NCC(C)CCl)c1Cl. The summed E-state index contributed by atoms with van der Waals surface area (Å²) in [4.78, 5) is 12.3. The fourth-order valence-corrected chi connectivity index (χ4v) is 2.29. The van der Waals surface area contributed by atoms with Gasteiger partial charge in [0, 0.05) is 12.4 Å². The van der Waals surface area contributed by atoms with Gasteiger partial charge in [-0.25, -0.2) is 0 Å². The highest BCUT2D eigenvalue weighted by Gasteiger charge is 2.14. The summed E-state index contributed by atoms with van der Waals surface area (Å²) >= 11 is 13.0. The molecule has 0 saturated heterocycles. The summed E-state index contributed by atoms with van der Waals surface area (Å²) in [5.74, 6) is 0.697. The second kappa shape index (κ2) is 5.73. The minimum Gasteiger partial charge on any atom is -0.351 e. The molecule has 0 aliphatic heterocycles. The Balaban J connectivity index is 2.58. The molecule has 84 valence electrons. The third-order valence-electron chi connectivity index (χ3n) is 1.98. The van der Waals surface area contributed by atoms with Gasteiger partial charge in [-0.2, -0.15) is 0 Å². The lowest BCUT2D eigenvalue weighted by Crippen LogP contribution is -2.28. The van der Waals surface area contributed by atoms with Gasteiger partial charge in [-0.3, -0.25) is 4.79 Å². The van der Waals surface area contributed by atoms with Crippen molar-refractivity contribution in [2.24, 2.45) is 5.92 Å². The molecule has 1 aromatic heterocycles. The maximum atomic E-state index is 11.7. The second-order valence-corrected chi connectivity index (χ2v) is 5.10. The van der Waals surface area contributed by atoms with Crippen LogP contribution in [-0.4, -0.2) is 18.3 Å². The van der Waals surface area contributed by atoms with E-state index in [0.717, 1.165) is 5.56 Å². The summed E-state index contributed by atoms with van der Waals surface area (Å²) in [5.41, 5.74) is 0.942. The molecule has 15 heavy (non-hydrogen) atoms. The van der Waals surface area contributed by atoms with Gasteiger partial charge in [0.2, 0.25) is 0 Å². The van der Waals surface area contributed by atoms with Crippen molar-refractivity contribution < 1.29 is 4.79 Å². The lowest BCUT2D eigenvalue weighted by molar-refractivity contribution is 0.0953. The van der Waals surface area contributed by atoms with Gasteiger partial charge >= 0.3 is 0 Å². The van der Waals surface area contributed by atoms with E-state index in [0.29, 0.717) is 22.3 Å². The Morgan fingerprint density at radius 1 is 1.67 bits per heavy atom. The van der Waals surface area contributed by atoms with Crippen molar-refractivity contribution in [1.29, 1.82) is 0 Å². The van der Waals surface area contributed by atoms with Crippen molar-refractivity contribution in [3.05, 3.63) is 20.8 Å². The Morgan fingerprint density at radius 2 is 2.33 bits per heavy atom. The fraction of sp³-hybridized carbons (Fsp3) is 0.500. The van der Waals surface area contributed by atoms with Crippen LogP contribution >= 0.6 is 34.5 Å². The fourth-order valence-electron chi connectivity index (χ4n) is 0.985. The first-order valence-corrected chi connectivity index (χ1v) is 6.43. The van der Waals surface area contributed by atoms with Crippen LogP contribution in [0.1, 0.15) is 22.2 Å². The highest BCUT2D eigenvalue weighted by molar-refractivity contribution is 7.13. The lowest BCUT2D eigenvalue weighted by atomic mass is 10.2. The summed E-state index contributed by atoms with van der Waals surface area (Å²) in [6.45, 7) is 4.45. The summed E-state index contributed by atoms with van der Waals surface area (Å²) in [6.07, 6.45) is 0. The first-order chi connectivity index (χ1) is 7.06. The molecular weight excluding hydrogens is 253 g/mol. The molecule has 0 fully saturated rings. The molecule has 1 aromatic rings. The van der Waals surface area contributed by atoms with E-state index in [2.05, 4.69) is 5.32 Å². The Morgan fingerprint density at radius 3 is 2.80 bits per heavy atom. The zero-order valence-electron chi connectivity index (χ0n) is 8.64. The Hall–Kier alpha value is -0.250. The number of alkyl halides is 1. The number of thiophene rings is 1. The zero-order chi connectivity index (χ0) is 11.4. The van der Waals surface area contributed by atoms with Crippen molar-refractivity contribution in [2.75, 3.05) is 12.4 Å². The molecule has 0 spiro atoms. The summed E-state index contributed by atoms with van der Waals surface area (Å²) in [7, 11) is 0. The predicted octanol–water partition coefficient (Wildman–Crippen LogP) is 3.31. The van der Waals surface area contributed by atoms with E-state index >= 15 is 0 Å². The summed E-state index contributed by atoms with van der Waals surface area (Å²) in [6, 6.07) is 0. The molecule has 1 atom stereocenters. The number of rotatable bonds is 4. The van der Waals surface area contributed by atoms with Crippen LogP contribution in [-0.2, 0) is 0 Å².